The Balaban J connectivity index is 2.28. The molecule has 3 N–H and O–H groups in total. The predicted molar refractivity (Wildman–Crippen MR) is 62.7 cm³/mol. The zero-order valence-electron chi connectivity index (χ0n) is 10.1. The molecule has 5 nitrogen and oxygen atoms in total. The van der Waals surface area contributed by atoms with Gasteiger partial charge < -0.3 is 11.1 Å². The lowest BCUT2D eigenvalue weighted by Crippen LogP contribution is -2.39. The number of nitrogens with zero attached hydrogens (tertiary/aromatic N) is 2. The fourth-order valence-corrected chi connectivity index (χ4v) is 1.31. The molecule has 1 rings (SSSR count). The second-order valence-corrected chi connectivity index (χ2v) is 4.17. The maximum atomic E-state index is 11.6. The molecule has 5 heteroatoms. The zero-order chi connectivity index (χ0) is 12.1. The minimum absolute atomic E-state index is 0.00549. The van der Waals surface area contributed by atoms with Crippen molar-refractivity contribution in [3.8, 4) is 0 Å². The number of carbonyl (C=O) groups excluding carboxylic acids is 1. The van der Waals surface area contributed by atoms with E-state index in [4.69, 9.17) is 5.73 Å². The van der Waals surface area contributed by atoms with Crippen molar-refractivity contribution >= 4 is 5.91 Å². The van der Waals surface area contributed by atoms with Crippen LogP contribution in [0.15, 0.2) is 12.3 Å². The third kappa shape index (κ3) is 3.66. The van der Waals surface area contributed by atoms with Crippen molar-refractivity contribution in [3.63, 3.8) is 0 Å². The van der Waals surface area contributed by atoms with E-state index >= 15 is 0 Å². The maximum absolute atomic E-state index is 11.6. The number of aryl methyl sites for hydroxylation is 1. The summed E-state index contributed by atoms with van der Waals surface area (Å²) >= 11 is 0. The number of nitrogens with two attached hydrogens (primary N) is 1. The first-order valence-electron chi connectivity index (χ1n) is 5.52. The number of carbonyl (C=O) groups is 1. The quantitative estimate of drug-likeness (QED) is 0.743. The third-order valence-electron chi connectivity index (χ3n) is 2.65. The molecule has 0 fully saturated rings. The SMILES string of the molecule is CC(N)C(C)C(=O)NCCc1ccn(C)n1. The van der Waals surface area contributed by atoms with Crippen molar-refractivity contribution in [1.82, 2.24) is 15.1 Å². The van der Waals surface area contributed by atoms with Crippen LogP contribution >= 0.6 is 0 Å². The lowest BCUT2D eigenvalue weighted by atomic mass is 10.0. The standard InChI is InChI=1S/C11H20N4O/c1-8(9(2)12)11(16)13-6-4-10-5-7-15(3)14-10/h5,7-9H,4,6,12H2,1-3H3,(H,13,16). The van der Waals surface area contributed by atoms with Crippen LogP contribution in [0.3, 0.4) is 0 Å². The van der Waals surface area contributed by atoms with Crippen LogP contribution in [0, 0.1) is 5.92 Å². The highest BCUT2D eigenvalue weighted by molar-refractivity contribution is 5.78. The van der Waals surface area contributed by atoms with Gasteiger partial charge in [-0.2, -0.15) is 5.10 Å². The number of hydrogen-bond donors (Lipinski definition) is 2. The van der Waals surface area contributed by atoms with Gasteiger partial charge in [0, 0.05) is 38.2 Å². The Morgan fingerprint density at radius 1 is 1.62 bits per heavy atom. The molecular formula is C11H20N4O. The molecule has 1 heterocycles. The molecule has 1 aromatic rings. The van der Waals surface area contributed by atoms with Crippen LogP contribution in [0.5, 0.6) is 0 Å². The summed E-state index contributed by atoms with van der Waals surface area (Å²) in [5.41, 5.74) is 6.63. The van der Waals surface area contributed by atoms with E-state index in [2.05, 4.69) is 10.4 Å². The molecule has 0 spiro atoms. The highest BCUT2D eigenvalue weighted by atomic mass is 16.1. The first-order valence-corrected chi connectivity index (χ1v) is 5.52. The topological polar surface area (TPSA) is 72.9 Å². The van der Waals surface area contributed by atoms with Crippen molar-refractivity contribution in [3.05, 3.63) is 18.0 Å². The molecule has 2 unspecified atom stereocenters. The van der Waals surface area contributed by atoms with Crippen LogP contribution in [0.25, 0.3) is 0 Å². The fraction of sp³-hybridized carbons (Fsp3) is 0.636. The molecule has 0 aromatic carbocycles. The molecule has 0 radical (unpaired) electrons. The van der Waals surface area contributed by atoms with Gasteiger partial charge in [-0.3, -0.25) is 9.48 Å². The first-order chi connectivity index (χ1) is 7.50. The Kier molecular flexibility index (Phi) is 4.49. The van der Waals surface area contributed by atoms with E-state index in [-0.39, 0.29) is 17.9 Å². The van der Waals surface area contributed by atoms with E-state index < -0.39 is 0 Å². The Hall–Kier alpha value is -1.36. The average molecular weight is 224 g/mol. The van der Waals surface area contributed by atoms with E-state index in [1.54, 1.807) is 4.68 Å². The molecule has 0 aliphatic rings. The molecule has 0 aliphatic carbocycles. The van der Waals surface area contributed by atoms with Gasteiger partial charge in [0.25, 0.3) is 0 Å². The molecule has 1 amide bonds. The average Bonchev–Trinajstić information content (AvgIpc) is 2.62. The number of aromatic nitrogens is 2. The molecule has 2 atom stereocenters. The highest BCUT2D eigenvalue weighted by Gasteiger charge is 2.16. The van der Waals surface area contributed by atoms with E-state index in [1.807, 2.05) is 33.2 Å². The van der Waals surface area contributed by atoms with Crippen molar-refractivity contribution in [2.24, 2.45) is 18.7 Å². The van der Waals surface area contributed by atoms with Crippen LogP contribution in [-0.4, -0.2) is 28.3 Å². The normalized spacial score (nSPS) is 14.5. The van der Waals surface area contributed by atoms with Gasteiger partial charge in [0.15, 0.2) is 0 Å². The van der Waals surface area contributed by atoms with Gasteiger partial charge in [0.2, 0.25) is 5.91 Å². The largest absolute Gasteiger partial charge is 0.355 e. The molecule has 0 bridgehead atoms. The molecule has 90 valence electrons. The van der Waals surface area contributed by atoms with Crippen LogP contribution in [0.2, 0.25) is 0 Å². The predicted octanol–water partition coefficient (Wildman–Crippen LogP) is 0.0621. The Morgan fingerprint density at radius 2 is 2.31 bits per heavy atom. The van der Waals surface area contributed by atoms with Crippen LogP contribution in [-0.2, 0) is 18.3 Å². The molecule has 1 aromatic heterocycles. The second-order valence-electron chi connectivity index (χ2n) is 4.17. The van der Waals surface area contributed by atoms with E-state index in [1.165, 1.54) is 0 Å². The summed E-state index contributed by atoms with van der Waals surface area (Å²) < 4.78 is 1.75. The summed E-state index contributed by atoms with van der Waals surface area (Å²) in [6.07, 6.45) is 2.64. The third-order valence-corrected chi connectivity index (χ3v) is 2.65. The maximum Gasteiger partial charge on any atom is 0.224 e. The zero-order valence-corrected chi connectivity index (χ0v) is 10.1. The van der Waals surface area contributed by atoms with Crippen molar-refractivity contribution < 1.29 is 4.79 Å². The van der Waals surface area contributed by atoms with Gasteiger partial charge in [0.1, 0.15) is 0 Å². The Bertz CT molecular complexity index is 346. The molecule has 16 heavy (non-hydrogen) atoms. The molecule has 0 aliphatic heterocycles. The molecule has 0 saturated carbocycles. The van der Waals surface area contributed by atoms with E-state index in [9.17, 15) is 4.79 Å². The fourth-order valence-electron chi connectivity index (χ4n) is 1.31. The van der Waals surface area contributed by atoms with Gasteiger partial charge >= 0.3 is 0 Å². The minimum Gasteiger partial charge on any atom is -0.355 e. The summed E-state index contributed by atoms with van der Waals surface area (Å²) in [4.78, 5) is 11.6. The molecular weight excluding hydrogens is 204 g/mol. The van der Waals surface area contributed by atoms with E-state index in [0.29, 0.717) is 6.54 Å². The number of nitrogens with one attached hydrogen (secondary N) is 1. The minimum atomic E-state index is -0.149. The number of rotatable bonds is 5. The van der Waals surface area contributed by atoms with Crippen molar-refractivity contribution in [2.75, 3.05) is 6.54 Å². The lowest BCUT2D eigenvalue weighted by molar-refractivity contribution is -0.124. The van der Waals surface area contributed by atoms with Crippen molar-refractivity contribution in [1.29, 1.82) is 0 Å². The Labute approximate surface area is 96.0 Å². The van der Waals surface area contributed by atoms with Gasteiger partial charge in [-0.1, -0.05) is 6.92 Å². The lowest BCUT2D eigenvalue weighted by Gasteiger charge is -2.14. The summed E-state index contributed by atoms with van der Waals surface area (Å²) in [6, 6.07) is 1.83. The second kappa shape index (κ2) is 5.65. The van der Waals surface area contributed by atoms with Gasteiger partial charge in [-0.05, 0) is 13.0 Å². The Morgan fingerprint density at radius 3 is 2.81 bits per heavy atom. The monoisotopic (exact) mass is 224 g/mol. The van der Waals surface area contributed by atoms with Crippen LogP contribution in [0.1, 0.15) is 19.5 Å². The van der Waals surface area contributed by atoms with Crippen LogP contribution in [0.4, 0.5) is 0 Å². The number of hydrogen-bond acceptors (Lipinski definition) is 3. The smallest absolute Gasteiger partial charge is 0.224 e. The summed E-state index contributed by atoms with van der Waals surface area (Å²) in [7, 11) is 1.88. The first kappa shape index (κ1) is 12.7. The number of amides is 1. The summed E-state index contributed by atoms with van der Waals surface area (Å²) in [5.74, 6) is -0.144. The van der Waals surface area contributed by atoms with E-state index in [0.717, 1.165) is 12.1 Å². The van der Waals surface area contributed by atoms with Gasteiger partial charge in [-0.15, -0.1) is 0 Å². The summed E-state index contributed by atoms with van der Waals surface area (Å²) in [6.45, 7) is 4.27. The highest BCUT2D eigenvalue weighted by Crippen LogP contribution is 1.99. The van der Waals surface area contributed by atoms with Gasteiger partial charge in [-0.25, -0.2) is 0 Å². The van der Waals surface area contributed by atoms with Crippen LogP contribution < -0.4 is 11.1 Å². The van der Waals surface area contributed by atoms with Crippen molar-refractivity contribution in [2.45, 2.75) is 26.3 Å². The molecule has 0 saturated heterocycles. The summed E-state index contributed by atoms with van der Waals surface area (Å²) in [5, 5.41) is 7.08. The van der Waals surface area contributed by atoms with Gasteiger partial charge in [0.05, 0.1) is 5.69 Å².